The Bertz CT molecular complexity index is 544. The van der Waals surface area contributed by atoms with Gasteiger partial charge in [0.05, 0.1) is 6.42 Å². The molecule has 0 aliphatic carbocycles. The minimum absolute atomic E-state index is 0.0371. The third kappa shape index (κ3) is 4.91. The van der Waals surface area contributed by atoms with Crippen molar-refractivity contribution >= 4 is 17.8 Å². The second kappa shape index (κ2) is 6.39. The lowest BCUT2D eigenvalue weighted by Gasteiger charge is -2.19. The molecule has 1 rings (SSSR count). The average molecular weight is 292 g/mol. The Balaban J connectivity index is 2.83. The van der Waals surface area contributed by atoms with Crippen molar-refractivity contribution < 1.29 is 19.5 Å². The van der Waals surface area contributed by atoms with E-state index in [0.29, 0.717) is 5.56 Å². The second-order valence-electron chi connectivity index (χ2n) is 5.86. The lowest BCUT2D eigenvalue weighted by molar-refractivity contribution is -0.140. The minimum atomic E-state index is -1.32. The van der Waals surface area contributed by atoms with Gasteiger partial charge in [-0.15, -0.1) is 0 Å². The van der Waals surface area contributed by atoms with Crippen molar-refractivity contribution in [2.24, 2.45) is 5.73 Å². The Morgan fingerprint density at radius 3 is 2.10 bits per heavy atom. The van der Waals surface area contributed by atoms with Gasteiger partial charge >= 0.3 is 5.97 Å². The maximum absolute atomic E-state index is 12.0. The Labute approximate surface area is 123 Å². The molecule has 6 heteroatoms. The van der Waals surface area contributed by atoms with Crippen LogP contribution in [0.1, 0.15) is 43.1 Å². The van der Waals surface area contributed by atoms with E-state index in [9.17, 15) is 14.4 Å². The van der Waals surface area contributed by atoms with Crippen LogP contribution in [0.15, 0.2) is 24.3 Å². The van der Waals surface area contributed by atoms with Gasteiger partial charge in [0.15, 0.2) is 0 Å². The van der Waals surface area contributed by atoms with E-state index >= 15 is 0 Å². The molecule has 1 atom stereocenters. The summed E-state index contributed by atoms with van der Waals surface area (Å²) in [6.07, 6.45) is -0.443. The van der Waals surface area contributed by atoms with E-state index in [4.69, 9.17) is 10.8 Å². The van der Waals surface area contributed by atoms with Gasteiger partial charge in [0.1, 0.15) is 6.04 Å². The van der Waals surface area contributed by atoms with Crippen LogP contribution >= 0.6 is 0 Å². The molecule has 0 aromatic heterocycles. The number of amides is 2. The fourth-order valence-electron chi connectivity index (χ4n) is 1.76. The van der Waals surface area contributed by atoms with Gasteiger partial charge in [-0.2, -0.15) is 0 Å². The Morgan fingerprint density at radius 2 is 1.71 bits per heavy atom. The molecule has 21 heavy (non-hydrogen) atoms. The van der Waals surface area contributed by atoms with E-state index in [-0.39, 0.29) is 5.41 Å². The predicted octanol–water partition coefficient (Wildman–Crippen LogP) is 1.04. The zero-order chi connectivity index (χ0) is 16.2. The number of carboxylic acid groups (broad SMARTS) is 1. The van der Waals surface area contributed by atoms with E-state index < -0.39 is 30.2 Å². The summed E-state index contributed by atoms with van der Waals surface area (Å²) in [5.74, 6) is -2.64. The van der Waals surface area contributed by atoms with Gasteiger partial charge in [0, 0.05) is 5.56 Å². The SMILES string of the molecule is CC(C)(C)c1ccc(C(=O)N[C@@H](CC(N)=O)C(=O)O)cc1. The van der Waals surface area contributed by atoms with Crippen molar-refractivity contribution in [3.8, 4) is 0 Å². The average Bonchev–Trinajstić information content (AvgIpc) is 2.36. The third-order valence-electron chi connectivity index (χ3n) is 3.02. The van der Waals surface area contributed by atoms with Gasteiger partial charge in [-0.3, -0.25) is 9.59 Å². The van der Waals surface area contributed by atoms with Crippen LogP contribution in [0.25, 0.3) is 0 Å². The number of aliphatic carboxylic acids is 1. The monoisotopic (exact) mass is 292 g/mol. The number of hydrogen-bond acceptors (Lipinski definition) is 3. The molecule has 0 heterocycles. The summed E-state index contributed by atoms with van der Waals surface area (Å²) < 4.78 is 0. The van der Waals surface area contributed by atoms with Crippen molar-refractivity contribution in [3.05, 3.63) is 35.4 Å². The summed E-state index contributed by atoms with van der Waals surface area (Å²) in [6.45, 7) is 6.15. The first-order valence-corrected chi connectivity index (χ1v) is 6.54. The first-order chi connectivity index (χ1) is 9.61. The molecule has 2 amide bonds. The molecular formula is C15H20N2O4. The lowest BCUT2D eigenvalue weighted by atomic mass is 9.86. The summed E-state index contributed by atoms with van der Waals surface area (Å²) in [5, 5.41) is 11.2. The highest BCUT2D eigenvalue weighted by molar-refractivity contribution is 5.97. The first-order valence-electron chi connectivity index (χ1n) is 6.54. The van der Waals surface area contributed by atoms with Crippen LogP contribution in [0.4, 0.5) is 0 Å². The minimum Gasteiger partial charge on any atom is -0.480 e. The summed E-state index contributed by atoms with van der Waals surface area (Å²) in [7, 11) is 0. The first kappa shape index (κ1) is 16.7. The Morgan fingerprint density at radius 1 is 1.19 bits per heavy atom. The highest BCUT2D eigenvalue weighted by Gasteiger charge is 2.23. The zero-order valence-electron chi connectivity index (χ0n) is 12.3. The maximum Gasteiger partial charge on any atom is 0.326 e. The molecule has 6 nitrogen and oxygen atoms in total. The van der Waals surface area contributed by atoms with Crippen LogP contribution in [0.2, 0.25) is 0 Å². The zero-order valence-corrected chi connectivity index (χ0v) is 12.3. The Hall–Kier alpha value is -2.37. The predicted molar refractivity (Wildman–Crippen MR) is 77.8 cm³/mol. The van der Waals surface area contributed by atoms with E-state index in [1.54, 1.807) is 12.1 Å². The van der Waals surface area contributed by atoms with Crippen molar-refractivity contribution in [1.29, 1.82) is 0 Å². The molecule has 4 N–H and O–H groups in total. The number of benzene rings is 1. The summed E-state index contributed by atoms with van der Waals surface area (Å²) in [5.41, 5.74) is 6.32. The molecule has 0 aliphatic heterocycles. The molecule has 0 fully saturated rings. The molecule has 114 valence electrons. The Kier molecular flexibility index (Phi) is 5.07. The third-order valence-corrected chi connectivity index (χ3v) is 3.02. The fraction of sp³-hybridized carbons (Fsp3) is 0.400. The van der Waals surface area contributed by atoms with E-state index in [1.165, 1.54) is 0 Å². The number of primary amides is 1. The molecular weight excluding hydrogens is 272 g/mol. The molecule has 0 radical (unpaired) electrons. The maximum atomic E-state index is 12.0. The van der Waals surface area contributed by atoms with Crippen LogP contribution in [0, 0.1) is 0 Å². The molecule has 0 spiro atoms. The summed E-state index contributed by atoms with van der Waals surface area (Å²) >= 11 is 0. The van der Waals surface area contributed by atoms with Gasteiger partial charge < -0.3 is 16.2 Å². The van der Waals surface area contributed by atoms with E-state index in [2.05, 4.69) is 26.1 Å². The standard InChI is InChI=1S/C15H20N2O4/c1-15(2,3)10-6-4-9(5-7-10)13(19)17-11(14(20)21)8-12(16)18/h4-7,11H,8H2,1-3H3,(H2,16,18)(H,17,19)(H,20,21)/t11-/m0/s1. The molecule has 1 aromatic rings. The van der Waals surface area contributed by atoms with Crippen LogP contribution < -0.4 is 11.1 Å². The van der Waals surface area contributed by atoms with Crippen LogP contribution in [0.5, 0.6) is 0 Å². The smallest absolute Gasteiger partial charge is 0.326 e. The number of hydrogen-bond donors (Lipinski definition) is 3. The summed E-state index contributed by atoms with van der Waals surface area (Å²) in [4.78, 5) is 33.7. The lowest BCUT2D eigenvalue weighted by Crippen LogP contribution is -2.43. The number of rotatable bonds is 5. The van der Waals surface area contributed by atoms with Crippen molar-refractivity contribution in [2.75, 3.05) is 0 Å². The van der Waals surface area contributed by atoms with Crippen LogP contribution in [0.3, 0.4) is 0 Å². The van der Waals surface area contributed by atoms with E-state index in [1.807, 2.05) is 12.1 Å². The quantitative estimate of drug-likeness (QED) is 0.753. The molecule has 0 aliphatic rings. The number of carbonyl (C=O) groups is 3. The highest BCUT2D eigenvalue weighted by Crippen LogP contribution is 2.22. The van der Waals surface area contributed by atoms with Gasteiger partial charge in [-0.05, 0) is 23.1 Å². The molecule has 0 bridgehead atoms. The highest BCUT2D eigenvalue weighted by atomic mass is 16.4. The largest absolute Gasteiger partial charge is 0.480 e. The normalized spacial score (nSPS) is 12.5. The molecule has 0 saturated carbocycles. The number of nitrogens with two attached hydrogens (primary N) is 1. The van der Waals surface area contributed by atoms with Gasteiger partial charge in [0.2, 0.25) is 5.91 Å². The fourth-order valence-corrected chi connectivity index (χ4v) is 1.76. The molecule has 1 aromatic carbocycles. The van der Waals surface area contributed by atoms with Crippen LogP contribution in [-0.2, 0) is 15.0 Å². The van der Waals surface area contributed by atoms with Gasteiger partial charge in [0.25, 0.3) is 5.91 Å². The van der Waals surface area contributed by atoms with Crippen molar-refractivity contribution in [1.82, 2.24) is 5.32 Å². The van der Waals surface area contributed by atoms with E-state index in [0.717, 1.165) is 5.56 Å². The van der Waals surface area contributed by atoms with Crippen molar-refractivity contribution in [3.63, 3.8) is 0 Å². The number of carbonyl (C=O) groups excluding carboxylic acids is 2. The molecule has 0 saturated heterocycles. The van der Waals surface area contributed by atoms with Gasteiger partial charge in [-0.1, -0.05) is 32.9 Å². The topological polar surface area (TPSA) is 109 Å². The number of carboxylic acids is 1. The van der Waals surface area contributed by atoms with Crippen molar-refractivity contribution in [2.45, 2.75) is 38.6 Å². The second-order valence-corrected chi connectivity index (χ2v) is 5.86. The van der Waals surface area contributed by atoms with Crippen LogP contribution in [-0.4, -0.2) is 28.9 Å². The van der Waals surface area contributed by atoms with Gasteiger partial charge in [-0.25, -0.2) is 4.79 Å². The summed E-state index contributed by atoms with van der Waals surface area (Å²) in [6, 6.07) is 5.56. The molecule has 0 unspecified atom stereocenters. The number of nitrogens with one attached hydrogen (secondary N) is 1.